The highest BCUT2D eigenvalue weighted by molar-refractivity contribution is 6.30. The fraction of sp³-hybridized carbons (Fsp3) is 0.316. The summed E-state index contributed by atoms with van der Waals surface area (Å²) >= 11 is 6.11. The molecule has 0 aliphatic carbocycles. The molecule has 2 aromatic carbocycles. The van der Waals surface area contributed by atoms with Gasteiger partial charge in [0.25, 0.3) is 0 Å². The predicted molar refractivity (Wildman–Crippen MR) is 91.8 cm³/mol. The van der Waals surface area contributed by atoms with Gasteiger partial charge in [-0.15, -0.1) is 0 Å². The Morgan fingerprint density at radius 3 is 2.52 bits per heavy atom. The Kier molecular flexibility index (Phi) is 4.87. The van der Waals surface area contributed by atoms with Crippen LogP contribution in [0.4, 0.5) is 0 Å². The Morgan fingerprint density at radius 2 is 1.83 bits per heavy atom. The molecule has 1 aliphatic heterocycles. The predicted octanol–water partition coefficient (Wildman–Crippen LogP) is 4.19. The fourth-order valence-electron chi connectivity index (χ4n) is 3.17. The molecule has 3 rings (SSSR count). The van der Waals surface area contributed by atoms with E-state index in [1.165, 1.54) is 0 Å². The average molecular weight is 330 g/mol. The number of rotatable bonds is 4. The summed E-state index contributed by atoms with van der Waals surface area (Å²) in [7, 11) is 0. The molecule has 4 heteroatoms. The van der Waals surface area contributed by atoms with Crippen molar-refractivity contribution in [2.45, 2.75) is 25.2 Å². The second-order valence-electron chi connectivity index (χ2n) is 5.96. The molecular formula is C19H20ClNO2. The normalized spacial score (nSPS) is 15.6. The zero-order valence-electron chi connectivity index (χ0n) is 12.9. The number of phenols is 1. The van der Waals surface area contributed by atoms with Crippen molar-refractivity contribution < 1.29 is 9.90 Å². The molecule has 120 valence electrons. The molecule has 0 spiro atoms. The van der Waals surface area contributed by atoms with Crippen LogP contribution >= 0.6 is 11.6 Å². The van der Waals surface area contributed by atoms with E-state index in [0.29, 0.717) is 17.0 Å². The lowest BCUT2D eigenvalue weighted by atomic mass is 9.87. The molecule has 0 radical (unpaired) electrons. The van der Waals surface area contributed by atoms with E-state index in [9.17, 15) is 9.90 Å². The molecular weight excluding hydrogens is 310 g/mol. The summed E-state index contributed by atoms with van der Waals surface area (Å²) in [6.07, 6.45) is 2.49. The Balaban J connectivity index is 1.93. The van der Waals surface area contributed by atoms with E-state index in [0.717, 1.165) is 31.5 Å². The number of phenolic OH excluding ortho intramolecular Hbond substituents is 1. The van der Waals surface area contributed by atoms with Gasteiger partial charge in [-0.05, 0) is 36.6 Å². The van der Waals surface area contributed by atoms with Crippen LogP contribution in [0, 0.1) is 0 Å². The van der Waals surface area contributed by atoms with Crippen LogP contribution in [0.1, 0.15) is 36.3 Å². The minimum atomic E-state index is -0.192. The van der Waals surface area contributed by atoms with Crippen molar-refractivity contribution in [2.75, 3.05) is 13.1 Å². The Morgan fingerprint density at radius 1 is 1.13 bits per heavy atom. The molecule has 23 heavy (non-hydrogen) atoms. The van der Waals surface area contributed by atoms with Crippen molar-refractivity contribution in [3.63, 3.8) is 0 Å². The summed E-state index contributed by atoms with van der Waals surface area (Å²) in [4.78, 5) is 14.5. The summed E-state index contributed by atoms with van der Waals surface area (Å²) in [5, 5.41) is 10.8. The molecule has 1 atom stereocenters. The summed E-state index contributed by atoms with van der Waals surface area (Å²) in [5.41, 5.74) is 1.72. The monoisotopic (exact) mass is 329 g/mol. The first-order valence-corrected chi connectivity index (χ1v) is 8.34. The number of halogens is 1. The molecule has 0 unspecified atom stereocenters. The molecule has 0 bridgehead atoms. The minimum Gasteiger partial charge on any atom is -0.508 e. The molecule has 1 amide bonds. The third kappa shape index (κ3) is 3.67. The minimum absolute atomic E-state index is 0.135. The van der Waals surface area contributed by atoms with Gasteiger partial charge in [-0.25, -0.2) is 0 Å². The van der Waals surface area contributed by atoms with Crippen LogP contribution in [0.25, 0.3) is 0 Å². The van der Waals surface area contributed by atoms with Gasteiger partial charge < -0.3 is 10.0 Å². The van der Waals surface area contributed by atoms with Crippen LogP contribution in [-0.2, 0) is 4.79 Å². The molecule has 3 nitrogen and oxygen atoms in total. The fourth-order valence-corrected chi connectivity index (χ4v) is 3.35. The summed E-state index contributed by atoms with van der Waals surface area (Å²) in [6.45, 7) is 1.67. The van der Waals surface area contributed by atoms with Crippen molar-refractivity contribution in [2.24, 2.45) is 0 Å². The lowest BCUT2D eigenvalue weighted by Gasteiger charge is -2.22. The van der Waals surface area contributed by atoms with Gasteiger partial charge in [0.05, 0.1) is 0 Å². The van der Waals surface area contributed by atoms with Gasteiger partial charge in [0.15, 0.2) is 0 Å². The molecule has 1 N–H and O–H groups in total. The Bertz CT molecular complexity index is 681. The van der Waals surface area contributed by atoms with E-state index in [2.05, 4.69) is 0 Å². The number of carbonyl (C=O) groups excluding carboxylic acids is 1. The second-order valence-corrected chi connectivity index (χ2v) is 6.39. The number of carbonyl (C=O) groups is 1. The third-order valence-electron chi connectivity index (χ3n) is 4.40. The second kappa shape index (κ2) is 7.05. The van der Waals surface area contributed by atoms with Crippen molar-refractivity contribution in [1.29, 1.82) is 0 Å². The first-order chi connectivity index (χ1) is 11.1. The third-order valence-corrected chi connectivity index (χ3v) is 4.64. The van der Waals surface area contributed by atoms with Crippen molar-refractivity contribution in [1.82, 2.24) is 4.90 Å². The first kappa shape index (κ1) is 15.9. The van der Waals surface area contributed by atoms with Gasteiger partial charge in [-0.2, -0.15) is 0 Å². The number of aromatic hydroxyl groups is 1. The maximum Gasteiger partial charge on any atom is 0.223 e. The molecule has 1 saturated heterocycles. The zero-order chi connectivity index (χ0) is 16.2. The highest BCUT2D eigenvalue weighted by atomic mass is 35.5. The van der Waals surface area contributed by atoms with Gasteiger partial charge in [-0.3, -0.25) is 4.79 Å². The van der Waals surface area contributed by atoms with Crippen LogP contribution in [-0.4, -0.2) is 29.0 Å². The van der Waals surface area contributed by atoms with Crippen LogP contribution in [0.15, 0.2) is 48.5 Å². The molecule has 1 aliphatic rings. The van der Waals surface area contributed by atoms with Gasteiger partial charge in [0, 0.05) is 36.0 Å². The van der Waals surface area contributed by atoms with Crippen LogP contribution < -0.4 is 0 Å². The standard InChI is InChI=1S/C19H20ClNO2/c20-15-8-9-18(22)17(12-15)16(14-6-2-1-3-7-14)13-19(23)21-10-4-5-11-21/h1-3,6-9,12,16,22H,4-5,10-11,13H2/t16-/m1/s1. The smallest absolute Gasteiger partial charge is 0.223 e. The number of benzene rings is 2. The van der Waals surface area contributed by atoms with Gasteiger partial charge in [0.1, 0.15) is 5.75 Å². The van der Waals surface area contributed by atoms with Crippen LogP contribution in [0.3, 0.4) is 0 Å². The van der Waals surface area contributed by atoms with E-state index in [1.807, 2.05) is 35.2 Å². The number of likely N-dealkylation sites (tertiary alicyclic amines) is 1. The molecule has 0 saturated carbocycles. The Labute approximate surface area is 141 Å². The maximum absolute atomic E-state index is 12.6. The number of hydrogen-bond acceptors (Lipinski definition) is 2. The van der Waals surface area contributed by atoms with E-state index < -0.39 is 0 Å². The first-order valence-electron chi connectivity index (χ1n) is 7.96. The van der Waals surface area contributed by atoms with E-state index >= 15 is 0 Å². The van der Waals surface area contributed by atoms with Crippen molar-refractivity contribution in [3.05, 3.63) is 64.7 Å². The molecule has 1 fully saturated rings. The summed E-state index contributed by atoms with van der Waals surface area (Å²) in [6, 6.07) is 14.8. The molecule has 1 heterocycles. The van der Waals surface area contributed by atoms with E-state index in [4.69, 9.17) is 11.6 Å². The van der Waals surface area contributed by atoms with Crippen molar-refractivity contribution in [3.8, 4) is 5.75 Å². The quantitative estimate of drug-likeness (QED) is 0.913. The topological polar surface area (TPSA) is 40.5 Å². The highest BCUT2D eigenvalue weighted by Gasteiger charge is 2.25. The summed E-state index contributed by atoms with van der Waals surface area (Å²) in [5.74, 6) is 0.121. The lowest BCUT2D eigenvalue weighted by molar-refractivity contribution is -0.130. The highest BCUT2D eigenvalue weighted by Crippen LogP contribution is 2.36. The van der Waals surface area contributed by atoms with Gasteiger partial charge in [0.2, 0.25) is 5.91 Å². The molecule has 0 aromatic heterocycles. The zero-order valence-corrected chi connectivity index (χ0v) is 13.7. The molecule has 2 aromatic rings. The van der Waals surface area contributed by atoms with E-state index in [-0.39, 0.29) is 17.6 Å². The van der Waals surface area contributed by atoms with Gasteiger partial charge in [-0.1, -0.05) is 41.9 Å². The number of nitrogens with zero attached hydrogens (tertiary/aromatic N) is 1. The van der Waals surface area contributed by atoms with Crippen LogP contribution in [0.5, 0.6) is 5.75 Å². The maximum atomic E-state index is 12.6. The Hall–Kier alpha value is -2.00. The lowest BCUT2D eigenvalue weighted by Crippen LogP contribution is -2.29. The van der Waals surface area contributed by atoms with Crippen LogP contribution in [0.2, 0.25) is 5.02 Å². The average Bonchev–Trinajstić information content (AvgIpc) is 3.10. The number of hydrogen-bond donors (Lipinski definition) is 1. The van der Waals surface area contributed by atoms with Gasteiger partial charge >= 0.3 is 0 Å². The number of amides is 1. The summed E-state index contributed by atoms with van der Waals surface area (Å²) < 4.78 is 0. The SMILES string of the molecule is O=C(C[C@H](c1ccccc1)c1cc(Cl)ccc1O)N1CCCC1. The van der Waals surface area contributed by atoms with E-state index in [1.54, 1.807) is 18.2 Å². The largest absolute Gasteiger partial charge is 0.508 e. The van der Waals surface area contributed by atoms with Crippen molar-refractivity contribution >= 4 is 17.5 Å².